The maximum absolute atomic E-state index is 12.9. The first kappa shape index (κ1) is 27.4. The fourth-order valence-corrected chi connectivity index (χ4v) is 5.42. The molecule has 0 unspecified atom stereocenters. The van der Waals surface area contributed by atoms with Gasteiger partial charge < -0.3 is 9.64 Å². The van der Waals surface area contributed by atoms with Gasteiger partial charge >= 0.3 is 0 Å². The molecule has 1 aliphatic heterocycles. The lowest BCUT2D eigenvalue weighted by molar-refractivity contribution is -0.135. The minimum Gasteiger partial charge on any atom is -0.483 e. The van der Waals surface area contributed by atoms with Gasteiger partial charge in [-0.2, -0.15) is 0 Å². The predicted octanol–water partition coefficient (Wildman–Crippen LogP) is 4.65. The van der Waals surface area contributed by atoms with E-state index in [1.54, 1.807) is 25.1 Å². The van der Waals surface area contributed by atoms with Crippen molar-refractivity contribution in [2.75, 3.05) is 44.1 Å². The fraction of sp³-hybridized carbons (Fsp3) is 0.300. The van der Waals surface area contributed by atoms with Crippen LogP contribution in [0, 0.1) is 20.8 Å². The summed E-state index contributed by atoms with van der Waals surface area (Å²) in [4.78, 5) is 17.0. The van der Waals surface area contributed by atoms with Crippen LogP contribution < -0.4 is 9.46 Å². The van der Waals surface area contributed by atoms with Gasteiger partial charge in [0.2, 0.25) is 0 Å². The number of carbonyl (C=O) groups is 1. The van der Waals surface area contributed by atoms with Crippen molar-refractivity contribution in [2.24, 2.45) is 0 Å². The minimum atomic E-state index is -3.75. The number of nitrogens with one attached hydrogen (secondary N) is 1. The number of anilines is 1. The Kier molecular flexibility index (Phi) is 8.86. The molecule has 7 nitrogen and oxygen atoms in total. The summed E-state index contributed by atoms with van der Waals surface area (Å²) >= 11 is 0. The van der Waals surface area contributed by atoms with Crippen molar-refractivity contribution in [1.82, 2.24) is 9.80 Å². The molecule has 0 saturated carbocycles. The van der Waals surface area contributed by atoms with Gasteiger partial charge in [0.1, 0.15) is 5.75 Å². The lowest BCUT2D eigenvalue weighted by Crippen LogP contribution is -2.49. The third kappa shape index (κ3) is 7.24. The molecule has 4 rings (SSSR count). The first-order valence-electron chi connectivity index (χ1n) is 12.8. The van der Waals surface area contributed by atoms with Crippen LogP contribution >= 0.6 is 0 Å². The molecule has 0 radical (unpaired) electrons. The summed E-state index contributed by atoms with van der Waals surface area (Å²) in [6.07, 6.45) is 4.27. The number of aryl methyl sites for hydroxylation is 3. The third-order valence-corrected chi connectivity index (χ3v) is 8.14. The van der Waals surface area contributed by atoms with Gasteiger partial charge in [-0.25, -0.2) is 8.42 Å². The molecule has 200 valence electrons. The average molecular weight is 534 g/mol. The zero-order chi connectivity index (χ0) is 27.1. The Hall–Kier alpha value is -3.62. The van der Waals surface area contributed by atoms with Crippen LogP contribution in [0.3, 0.4) is 0 Å². The molecule has 0 aliphatic carbocycles. The molecule has 1 heterocycles. The van der Waals surface area contributed by atoms with Gasteiger partial charge in [0.05, 0.1) is 4.90 Å². The molecule has 8 heteroatoms. The van der Waals surface area contributed by atoms with Gasteiger partial charge in [0.25, 0.3) is 15.9 Å². The van der Waals surface area contributed by atoms with Crippen molar-refractivity contribution < 1.29 is 17.9 Å². The van der Waals surface area contributed by atoms with Crippen molar-refractivity contribution in [3.05, 3.63) is 95.1 Å². The van der Waals surface area contributed by atoms with Gasteiger partial charge in [0.15, 0.2) is 6.61 Å². The molecule has 38 heavy (non-hydrogen) atoms. The Bertz CT molecular complexity index is 1400. The standard InChI is InChI=1S/C30H35N3O4S/c1-23-11-12-27(20-24(23)2)31-38(35,36)28-13-14-29(25(3)21-28)37-22-30(34)33-18-16-32(17-19-33)15-7-10-26-8-5-4-6-9-26/h4-14,20-21,31H,15-19,22H2,1-3H3/b10-7+. The van der Waals surface area contributed by atoms with Crippen LogP contribution in [-0.4, -0.2) is 63.5 Å². The van der Waals surface area contributed by atoms with Gasteiger partial charge in [-0.15, -0.1) is 0 Å². The summed E-state index contributed by atoms with van der Waals surface area (Å²) in [6.45, 7) is 9.39. The highest BCUT2D eigenvalue weighted by Gasteiger charge is 2.21. The number of benzene rings is 3. The molecule has 1 saturated heterocycles. The van der Waals surface area contributed by atoms with Gasteiger partial charge in [0, 0.05) is 38.4 Å². The van der Waals surface area contributed by atoms with Crippen LogP contribution in [0.4, 0.5) is 5.69 Å². The molecule has 0 aromatic heterocycles. The zero-order valence-electron chi connectivity index (χ0n) is 22.2. The van der Waals surface area contributed by atoms with E-state index < -0.39 is 10.0 Å². The molecule has 1 N–H and O–H groups in total. The molecule has 0 spiro atoms. The zero-order valence-corrected chi connectivity index (χ0v) is 23.0. The Labute approximate surface area is 225 Å². The molecule has 3 aromatic carbocycles. The fourth-order valence-electron chi connectivity index (χ4n) is 4.28. The van der Waals surface area contributed by atoms with Crippen LogP contribution in [0.15, 0.2) is 77.7 Å². The smallest absolute Gasteiger partial charge is 0.261 e. The monoisotopic (exact) mass is 533 g/mol. The summed E-state index contributed by atoms with van der Waals surface area (Å²) in [5.41, 5.74) is 4.45. The number of piperazine rings is 1. The molecule has 0 atom stereocenters. The van der Waals surface area contributed by atoms with E-state index in [1.807, 2.05) is 49.1 Å². The number of nitrogens with zero attached hydrogens (tertiary/aromatic N) is 2. The van der Waals surface area contributed by atoms with E-state index in [0.29, 0.717) is 30.1 Å². The number of amides is 1. The van der Waals surface area contributed by atoms with Gasteiger partial charge in [-0.1, -0.05) is 48.6 Å². The third-order valence-electron chi connectivity index (χ3n) is 6.77. The van der Waals surface area contributed by atoms with Crippen molar-refractivity contribution in [2.45, 2.75) is 25.7 Å². The van der Waals surface area contributed by atoms with E-state index in [0.717, 1.165) is 30.8 Å². The first-order valence-corrected chi connectivity index (χ1v) is 14.2. The highest BCUT2D eigenvalue weighted by atomic mass is 32.2. The van der Waals surface area contributed by atoms with E-state index >= 15 is 0 Å². The largest absolute Gasteiger partial charge is 0.483 e. The molecule has 1 amide bonds. The number of hydrogen-bond acceptors (Lipinski definition) is 5. The highest BCUT2D eigenvalue weighted by molar-refractivity contribution is 7.92. The number of ether oxygens (including phenoxy) is 1. The van der Waals surface area contributed by atoms with Crippen molar-refractivity contribution in [3.63, 3.8) is 0 Å². The second-order valence-corrected chi connectivity index (χ2v) is 11.3. The minimum absolute atomic E-state index is 0.0722. The molecule has 1 fully saturated rings. The first-order chi connectivity index (χ1) is 18.2. The maximum atomic E-state index is 12.9. The molecule has 0 bridgehead atoms. The molecule has 3 aromatic rings. The van der Waals surface area contributed by atoms with Crippen LogP contribution in [0.25, 0.3) is 6.08 Å². The van der Waals surface area contributed by atoms with E-state index in [1.165, 1.54) is 11.6 Å². The normalized spacial score (nSPS) is 14.6. The Morgan fingerprint density at radius 2 is 1.63 bits per heavy atom. The van der Waals surface area contributed by atoms with E-state index in [9.17, 15) is 13.2 Å². The summed E-state index contributed by atoms with van der Waals surface area (Å²) in [7, 11) is -3.75. The topological polar surface area (TPSA) is 78.9 Å². The Morgan fingerprint density at radius 3 is 2.32 bits per heavy atom. The number of carbonyl (C=O) groups excluding carboxylic acids is 1. The molecule has 1 aliphatic rings. The van der Waals surface area contributed by atoms with E-state index in [4.69, 9.17) is 4.74 Å². The van der Waals surface area contributed by atoms with E-state index in [2.05, 4.69) is 33.9 Å². The average Bonchev–Trinajstić information content (AvgIpc) is 2.91. The quantitative estimate of drug-likeness (QED) is 0.433. The number of rotatable bonds is 9. The Balaban J connectivity index is 1.26. The maximum Gasteiger partial charge on any atom is 0.261 e. The number of sulfonamides is 1. The predicted molar refractivity (Wildman–Crippen MR) is 152 cm³/mol. The van der Waals surface area contributed by atoms with Gasteiger partial charge in [-0.05, 0) is 73.4 Å². The second kappa shape index (κ2) is 12.3. The summed E-state index contributed by atoms with van der Waals surface area (Å²) in [6, 6.07) is 20.3. The highest BCUT2D eigenvalue weighted by Crippen LogP contribution is 2.24. The summed E-state index contributed by atoms with van der Waals surface area (Å²) in [5.74, 6) is 0.421. The number of hydrogen-bond donors (Lipinski definition) is 1. The second-order valence-electron chi connectivity index (χ2n) is 9.61. The van der Waals surface area contributed by atoms with Crippen molar-refractivity contribution in [3.8, 4) is 5.75 Å². The summed E-state index contributed by atoms with van der Waals surface area (Å²) in [5, 5.41) is 0. The lowest BCUT2D eigenvalue weighted by atomic mass is 10.1. The van der Waals surface area contributed by atoms with Crippen LogP contribution in [0.5, 0.6) is 5.75 Å². The Morgan fingerprint density at radius 1 is 0.895 bits per heavy atom. The SMILES string of the molecule is Cc1ccc(NS(=O)(=O)c2ccc(OCC(=O)N3CCN(C/C=C/c4ccccc4)CC3)c(C)c2)cc1C. The summed E-state index contributed by atoms with van der Waals surface area (Å²) < 4.78 is 34.2. The van der Waals surface area contributed by atoms with Crippen molar-refractivity contribution in [1.29, 1.82) is 0 Å². The molecular formula is C30H35N3O4S. The van der Waals surface area contributed by atoms with E-state index in [-0.39, 0.29) is 17.4 Å². The molecular weight excluding hydrogens is 498 g/mol. The van der Waals surface area contributed by atoms with Crippen LogP contribution in [-0.2, 0) is 14.8 Å². The van der Waals surface area contributed by atoms with Crippen molar-refractivity contribution >= 4 is 27.7 Å². The van der Waals surface area contributed by atoms with Gasteiger partial charge in [-0.3, -0.25) is 14.4 Å². The lowest BCUT2D eigenvalue weighted by Gasteiger charge is -2.34. The van der Waals surface area contributed by atoms with Crippen LogP contribution in [0.1, 0.15) is 22.3 Å². The van der Waals surface area contributed by atoms with Crippen LogP contribution in [0.2, 0.25) is 0 Å².